The number of carbonyl (C=O) groups excluding carboxylic acids is 1. The molecule has 150 valence electrons. The molecule has 3 aromatic rings. The highest BCUT2D eigenvalue weighted by atomic mass is 16.5. The van der Waals surface area contributed by atoms with E-state index in [4.69, 9.17) is 9.47 Å². The molecule has 2 heterocycles. The number of methoxy groups -OCH3 is 1. The van der Waals surface area contributed by atoms with Crippen molar-refractivity contribution in [1.29, 1.82) is 0 Å². The number of ether oxygens (including phenoxy) is 2. The third-order valence-corrected chi connectivity index (χ3v) is 5.49. The highest BCUT2D eigenvalue weighted by molar-refractivity contribution is 5.88. The first-order chi connectivity index (χ1) is 14.2. The van der Waals surface area contributed by atoms with Crippen LogP contribution in [0, 0.1) is 0 Å². The van der Waals surface area contributed by atoms with Gasteiger partial charge in [0, 0.05) is 49.5 Å². The van der Waals surface area contributed by atoms with Gasteiger partial charge in [-0.25, -0.2) is 0 Å². The Morgan fingerprint density at radius 1 is 1.10 bits per heavy atom. The quantitative estimate of drug-likeness (QED) is 0.634. The zero-order valence-electron chi connectivity index (χ0n) is 16.9. The molecule has 0 N–H and O–H groups in total. The summed E-state index contributed by atoms with van der Waals surface area (Å²) < 4.78 is 11.6. The zero-order chi connectivity index (χ0) is 20.2. The van der Waals surface area contributed by atoms with E-state index < -0.39 is 0 Å². The Labute approximate surface area is 171 Å². The van der Waals surface area contributed by atoms with E-state index in [1.165, 1.54) is 0 Å². The molecule has 5 heteroatoms. The van der Waals surface area contributed by atoms with Gasteiger partial charge in [0.05, 0.1) is 12.6 Å². The summed E-state index contributed by atoms with van der Waals surface area (Å²) in [6.07, 6.45) is 4.37. The minimum absolute atomic E-state index is 0.161. The number of pyridine rings is 1. The number of piperidine rings is 1. The molecule has 1 amide bonds. The van der Waals surface area contributed by atoms with Crippen molar-refractivity contribution in [2.45, 2.75) is 32.3 Å². The Morgan fingerprint density at radius 2 is 1.86 bits per heavy atom. The van der Waals surface area contributed by atoms with Crippen LogP contribution < -0.4 is 9.47 Å². The fourth-order valence-electron chi connectivity index (χ4n) is 3.82. The minimum Gasteiger partial charge on any atom is -0.496 e. The van der Waals surface area contributed by atoms with Gasteiger partial charge in [0.1, 0.15) is 17.6 Å². The molecule has 1 fully saturated rings. The van der Waals surface area contributed by atoms with E-state index in [-0.39, 0.29) is 12.0 Å². The van der Waals surface area contributed by atoms with Gasteiger partial charge in [-0.15, -0.1) is 0 Å². The summed E-state index contributed by atoms with van der Waals surface area (Å²) in [6.45, 7) is 3.47. The Hall–Kier alpha value is -3.08. The van der Waals surface area contributed by atoms with Crippen LogP contribution in [0.2, 0.25) is 0 Å². The molecule has 0 radical (unpaired) electrons. The number of amides is 1. The normalized spacial score (nSPS) is 14.8. The lowest BCUT2D eigenvalue weighted by molar-refractivity contribution is -0.132. The van der Waals surface area contributed by atoms with Gasteiger partial charge >= 0.3 is 0 Å². The Kier molecular flexibility index (Phi) is 5.65. The minimum atomic E-state index is 0.161. The number of hydrogen-bond acceptors (Lipinski definition) is 4. The summed E-state index contributed by atoms with van der Waals surface area (Å²) in [5.41, 5.74) is 3.04. The Bertz CT molecular complexity index is 993. The van der Waals surface area contributed by atoms with Crippen LogP contribution in [0.4, 0.5) is 0 Å². The monoisotopic (exact) mass is 390 g/mol. The molecular formula is C24H26N2O3. The van der Waals surface area contributed by atoms with E-state index in [1.54, 1.807) is 7.11 Å². The molecule has 0 bridgehead atoms. The van der Waals surface area contributed by atoms with E-state index in [1.807, 2.05) is 48.4 Å². The maximum absolute atomic E-state index is 11.8. The molecule has 1 saturated heterocycles. The van der Waals surface area contributed by atoms with Crippen molar-refractivity contribution < 1.29 is 14.3 Å². The maximum Gasteiger partial charge on any atom is 0.222 e. The third kappa shape index (κ3) is 4.19. The average molecular weight is 390 g/mol. The van der Waals surface area contributed by atoms with Gasteiger partial charge in [0.2, 0.25) is 5.91 Å². The Balaban J connectivity index is 1.45. The van der Waals surface area contributed by atoms with Crippen LogP contribution in [0.5, 0.6) is 11.5 Å². The van der Waals surface area contributed by atoms with Gasteiger partial charge in [-0.1, -0.05) is 25.1 Å². The first-order valence-electron chi connectivity index (χ1n) is 10.2. The van der Waals surface area contributed by atoms with Crippen LogP contribution in [0.15, 0.2) is 54.7 Å². The third-order valence-electron chi connectivity index (χ3n) is 5.49. The van der Waals surface area contributed by atoms with Crippen LogP contribution in [-0.4, -0.2) is 42.1 Å². The summed E-state index contributed by atoms with van der Waals surface area (Å²) in [4.78, 5) is 18.3. The predicted octanol–water partition coefficient (Wildman–Crippen LogP) is 4.69. The second-order valence-corrected chi connectivity index (χ2v) is 7.33. The van der Waals surface area contributed by atoms with Crippen molar-refractivity contribution in [2.24, 2.45) is 0 Å². The van der Waals surface area contributed by atoms with Crippen LogP contribution >= 0.6 is 0 Å². The number of nitrogens with zero attached hydrogens (tertiary/aromatic N) is 2. The highest BCUT2D eigenvalue weighted by Crippen LogP contribution is 2.30. The van der Waals surface area contributed by atoms with Crippen LogP contribution in [0.3, 0.4) is 0 Å². The standard InChI is InChI=1S/C24H26N2O3/c1-3-24(27)26-13-11-20(12-14-26)29-19-9-7-17(8-10-19)18-15-21-22(25-16-18)5-4-6-23(21)28-2/h4-10,15-16,20H,3,11-14H2,1-2H3. The molecule has 5 nitrogen and oxygen atoms in total. The fraction of sp³-hybridized carbons (Fsp3) is 0.333. The lowest BCUT2D eigenvalue weighted by Crippen LogP contribution is -2.41. The van der Waals surface area contributed by atoms with Gasteiger partial charge in [-0.3, -0.25) is 9.78 Å². The number of fused-ring (bicyclic) bond motifs is 1. The molecule has 0 saturated carbocycles. The second kappa shape index (κ2) is 8.52. The molecule has 4 rings (SSSR count). The van der Waals surface area contributed by atoms with Gasteiger partial charge in [0.15, 0.2) is 0 Å². The van der Waals surface area contributed by atoms with Crippen LogP contribution in [0.25, 0.3) is 22.0 Å². The largest absolute Gasteiger partial charge is 0.496 e. The van der Waals surface area contributed by atoms with Gasteiger partial charge < -0.3 is 14.4 Å². The van der Waals surface area contributed by atoms with Crippen molar-refractivity contribution >= 4 is 16.8 Å². The van der Waals surface area contributed by atoms with E-state index in [0.717, 1.165) is 59.5 Å². The molecule has 2 aromatic carbocycles. The first-order valence-corrected chi connectivity index (χ1v) is 10.2. The van der Waals surface area contributed by atoms with Crippen molar-refractivity contribution in [3.05, 3.63) is 54.7 Å². The van der Waals surface area contributed by atoms with Gasteiger partial charge in [-0.2, -0.15) is 0 Å². The molecule has 1 aliphatic heterocycles. The molecule has 29 heavy (non-hydrogen) atoms. The molecule has 0 unspecified atom stereocenters. The molecule has 0 spiro atoms. The van der Waals surface area contributed by atoms with E-state index in [2.05, 4.69) is 23.2 Å². The number of likely N-dealkylation sites (tertiary alicyclic amines) is 1. The molecule has 0 aliphatic carbocycles. The number of hydrogen-bond donors (Lipinski definition) is 0. The summed E-state index contributed by atoms with van der Waals surface area (Å²) in [5, 5.41) is 1.00. The number of carbonyl (C=O) groups is 1. The lowest BCUT2D eigenvalue weighted by Gasteiger charge is -2.32. The Morgan fingerprint density at radius 3 is 2.55 bits per heavy atom. The highest BCUT2D eigenvalue weighted by Gasteiger charge is 2.22. The van der Waals surface area contributed by atoms with E-state index in [0.29, 0.717) is 6.42 Å². The zero-order valence-corrected chi connectivity index (χ0v) is 16.9. The number of aromatic nitrogens is 1. The molecular weight excluding hydrogens is 364 g/mol. The average Bonchev–Trinajstić information content (AvgIpc) is 2.78. The van der Waals surface area contributed by atoms with E-state index in [9.17, 15) is 4.79 Å². The molecule has 1 aliphatic rings. The lowest BCUT2D eigenvalue weighted by atomic mass is 10.0. The van der Waals surface area contributed by atoms with Gasteiger partial charge in [0.25, 0.3) is 0 Å². The SMILES string of the molecule is CCC(=O)N1CCC(Oc2ccc(-c3cnc4cccc(OC)c4c3)cc2)CC1. The summed E-state index contributed by atoms with van der Waals surface area (Å²) in [5.74, 6) is 1.92. The predicted molar refractivity (Wildman–Crippen MR) is 114 cm³/mol. The summed E-state index contributed by atoms with van der Waals surface area (Å²) >= 11 is 0. The topological polar surface area (TPSA) is 51.7 Å². The first kappa shape index (κ1) is 19.2. The van der Waals surface area contributed by atoms with Crippen molar-refractivity contribution in [3.8, 4) is 22.6 Å². The second-order valence-electron chi connectivity index (χ2n) is 7.33. The summed E-state index contributed by atoms with van der Waals surface area (Å²) in [7, 11) is 1.68. The molecule has 0 atom stereocenters. The van der Waals surface area contributed by atoms with Crippen LogP contribution in [-0.2, 0) is 4.79 Å². The fourth-order valence-corrected chi connectivity index (χ4v) is 3.82. The number of rotatable bonds is 5. The number of benzene rings is 2. The van der Waals surface area contributed by atoms with E-state index >= 15 is 0 Å². The van der Waals surface area contributed by atoms with Crippen molar-refractivity contribution in [2.75, 3.05) is 20.2 Å². The van der Waals surface area contributed by atoms with Crippen LogP contribution in [0.1, 0.15) is 26.2 Å². The van der Waals surface area contributed by atoms with Crippen molar-refractivity contribution in [1.82, 2.24) is 9.88 Å². The molecule has 1 aromatic heterocycles. The smallest absolute Gasteiger partial charge is 0.222 e. The van der Waals surface area contributed by atoms with Crippen molar-refractivity contribution in [3.63, 3.8) is 0 Å². The maximum atomic E-state index is 11.8. The van der Waals surface area contributed by atoms with Gasteiger partial charge in [-0.05, 0) is 35.9 Å². The summed E-state index contributed by atoms with van der Waals surface area (Å²) in [6, 6.07) is 16.1.